The van der Waals surface area contributed by atoms with Gasteiger partial charge in [-0.15, -0.1) is 0 Å². The Morgan fingerprint density at radius 3 is 2.70 bits per heavy atom. The van der Waals surface area contributed by atoms with E-state index in [1.54, 1.807) is 38.2 Å². The summed E-state index contributed by atoms with van der Waals surface area (Å²) in [6, 6.07) is 8.05. The molecule has 0 spiro atoms. The number of rotatable bonds is 6. The molecule has 0 saturated heterocycles. The molecule has 1 N–H and O–H groups in total. The maximum Gasteiger partial charge on any atom is 0.420 e. The zero-order chi connectivity index (χ0) is 21.9. The fraction of sp³-hybridized carbons (Fsp3) is 0.238. The lowest BCUT2D eigenvalue weighted by Crippen LogP contribution is -2.40. The van der Waals surface area contributed by atoms with Crippen molar-refractivity contribution >= 4 is 33.3 Å². The maximum atomic E-state index is 13.7. The summed E-state index contributed by atoms with van der Waals surface area (Å²) in [5, 5.41) is 3.41. The van der Waals surface area contributed by atoms with Crippen LogP contribution in [0.4, 0.5) is 23.7 Å². The molecule has 0 atom stereocenters. The van der Waals surface area contributed by atoms with Crippen molar-refractivity contribution in [2.45, 2.75) is 20.0 Å². The van der Waals surface area contributed by atoms with Gasteiger partial charge < -0.3 is 10.1 Å². The third kappa shape index (κ3) is 4.91. The number of aromatic nitrogens is 1. The first-order valence-corrected chi connectivity index (χ1v) is 9.89. The van der Waals surface area contributed by atoms with Gasteiger partial charge in [-0.3, -0.25) is 4.90 Å². The number of carbonyl (C=O) groups excluding carboxylic acids is 1. The molecule has 3 aromatic rings. The third-order valence-corrected chi connectivity index (χ3v) is 5.01. The lowest BCUT2D eigenvalue weighted by molar-refractivity contribution is -0.138. The smallest absolute Gasteiger partial charge is 0.420 e. The second kappa shape index (κ2) is 8.74. The van der Waals surface area contributed by atoms with Gasteiger partial charge in [-0.2, -0.15) is 17.5 Å². The molecule has 2 amide bonds. The van der Waals surface area contributed by atoms with Crippen LogP contribution in [0.2, 0.25) is 0 Å². The molecule has 30 heavy (non-hydrogen) atoms. The van der Waals surface area contributed by atoms with E-state index >= 15 is 0 Å². The van der Waals surface area contributed by atoms with Crippen molar-refractivity contribution in [2.75, 3.05) is 18.0 Å². The van der Waals surface area contributed by atoms with Gasteiger partial charge >= 0.3 is 12.2 Å². The van der Waals surface area contributed by atoms with Gasteiger partial charge in [0.25, 0.3) is 0 Å². The number of alkyl halides is 3. The van der Waals surface area contributed by atoms with E-state index in [2.05, 4.69) is 16.3 Å². The Labute approximate surface area is 175 Å². The van der Waals surface area contributed by atoms with Crippen LogP contribution in [0.3, 0.4) is 0 Å². The maximum absolute atomic E-state index is 13.7. The Kier molecular flexibility index (Phi) is 6.31. The van der Waals surface area contributed by atoms with Gasteiger partial charge in [0.1, 0.15) is 17.1 Å². The molecule has 0 saturated carbocycles. The fourth-order valence-corrected chi connectivity index (χ4v) is 3.43. The van der Waals surface area contributed by atoms with Gasteiger partial charge in [0, 0.05) is 30.4 Å². The zero-order valence-corrected chi connectivity index (χ0v) is 17.2. The third-order valence-electron chi connectivity index (χ3n) is 4.23. The number of anilines is 1. The van der Waals surface area contributed by atoms with Crippen LogP contribution in [-0.2, 0) is 6.18 Å². The summed E-state index contributed by atoms with van der Waals surface area (Å²) in [6.45, 7) is 7.56. The molecule has 0 radical (unpaired) electrons. The van der Waals surface area contributed by atoms with Crippen LogP contribution in [0.1, 0.15) is 19.4 Å². The van der Waals surface area contributed by atoms with E-state index in [4.69, 9.17) is 4.74 Å². The summed E-state index contributed by atoms with van der Waals surface area (Å²) in [5.74, 6) is -0.0697. The number of carbonyl (C=O) groups is 1. The fourth-order valence-electron chi connectivity index (χ4n) is 2.80. The molecule has 0 bridgehead atoms. The van der Waals surface area contributed by atoms with Crippen LogP contribution in [0.25, 0.3) is 10.1 Å². The van der Waals surface area contributed by atoms with E-state index in [0.717, 1.165) is 21.7 Å². The van der Waals surface area contributed by atoms with E-state index in [9.17, 15) is 18.0 Å². The molecule has 5 nitrogen and oxygen atoms in total. The Balaban J connectivity index is 1.92. The SMILES string of the molecule is C=C(C)CNC(=O)N(CC)c1ccc(Oc2ccc3sncc3c2)c(C(F)(F)F)c1. The van der Waals surface area contributed by atoms with E-state index in [0.29, 0.717) is 0 Å². The van der Waals surface area contributed by atoms with Crippen molar-refractivity contribution in [3.05, 3.63) is 60.3 Å². The normalized spacial score (nSPS) is 11.4. The molecule has 0 fully saturated rings. The van der Waals surface area contributed by atoms with Gasteiger partial charge in [0.05, 0.1) is 4.70 Å². The van der Waals surface area contributed by atoms with Crippen LogP contribution in [0, 0.1) is 0 Å². The minimum atomic E-state index is -4.66. The summed E-state index contributed by atoms with van der Waals surface area (Å²) in [4.78, 5) is 13.6. The predicted octanol–water partition coefficient (Wildman–Crippen LogP) is 6.22. The van der Waals surface area contributed by atoms with Gasteiger partial charge in [-0.1, -0.05) is 12.2 Å². The molecule has 2 aromatic carbocycles. The van der Waals surface area contributed by atoms with Crippen LogP contribution in [0.5, 0.6) is 11.5 Å². The Bertz CT molecular complexity index is 1080. The Morgan fingerprint density at radius 1 is 1.27 bits per heavy atom. The first kappa shape index (κ1) is 21.6. The number of urea groups is 1. The molecule has 0 aliphatic carbocycles. The average Bonchev–Trinajstić information content (AvgIpc) is 3.15. The van der Waals surface area contributed by atoms with Crippen LogP contribution in [-0.4, -0.2) is 23.5 Å². The Morgan fingerprint density at radius 2 is 2.03 bits per heavy atom. The highest BCUT2D eigenvalue weighted by atomic mass is 32.1. The molecular weight excluding hydrogens is 415 g/mol. The molecule has 3 rings (SSSR count). The Hall–Kier alpha value is -3.07. The number of halogens is 3. The summed E-state index contributed by atoms with van der Waals surface area (Å²) >= 11 is 1.29. The van der Waals surface area contributed by atoms with Crippen molar-refractivity contribution in [2.24, 2.45) is 0 Å². The van der Waals surface area contributed by atoms with Crippen LogP contribution in [0.15, 0.2) is 54.7 Å². The first-order chi connectivity index (χ1) is 14.2. The zero-order valence-electron chi connectivity index (χ0n) is 16.4. The minimum Gasteiger partial charge on any atom is -0.457 e. The highest BCUT2D eigenvalue weighted by Gasteiger charge is 2.35. The number of ether oxygens (including phenoxy) is 1. The average molecular weight is 435 g/mol. The summed E-state index contributed by atoms with van der Waals surface area (Å²) < 4.78 is 51.7. The molecule has 1 aromatic heterocycles. The van der Waals surface area contributed by atoms with Crippen molar-refractivity contribution < 1.29 is 22.7 Å². The number of nitrogens with one attached hydrogen (secondary N) is 1. The molecule has 0 unspecified atom stereocenters. The van der Waals surface area contributed by atoms with E-state index in [-0.39, 0.29) is 30.3 Å². The highest BCUT2D eigenvalue weighted by Crippen LogP contribution is 2.40. The quantitative estimate of drug-likeness (QED) is 0.468. The molecule has 0 aliphatic heterocycles. The number of amides is 2. The van der Waals surface area contributed by atoms with Crippen molar-refractivity contribution in [3.8, 4) is 11.5 Å². The largest absolute Gasteiger partial charge is 0.457 e. The molecule has 1 heterocycles. The topological polar surface area (TPSA) is 54.5 Å². The number of fused-ring (bicyclic) bond motifs is 1. The van der Waals surface area contributed by atoms with E-state index < -0.39 is 17.8 Å². The highest BCUT2D eigenvalue weighted by molar-refractivity contribution is 7.13. The molecule has 9 heteroatoms. The second-order valence-electron chi connectivity index (χ2n) is 6.67. The van der Waals surface area contributed by atoms with Gasteiger partial charge in [0.2, 0.25) is 0 Å². The van der Waals surface area contributed by atoms with Gasteiger partial charge in [-0.25, -0.2) is 4.79 Å². The van der Waals surface area contributed by atoms with E-state index in [1.165, 1.54) is 28.6 Å². The van der Waals surface area contributed by atoms with Crippen molar-refractivity contribution in [1.29, 1.82) is 0 Å². The summed E-state index contributed by atoms with van der Waals surface area (Å²) in [6.07, 6.45) is -3.03. The number of hydrogen-bond acceptors (Lipinski definition) is 4. The van der Waals surface area contributed by atoms with Gasteiger partial charge in [0.15, 0.2) is 0 Å². The summed E-state index contributed by atoms with van der Waals surface area (Å²) in [5.41, 5.74) is -0.111. The summed E-state index contributed by atoms with van der Waals surface area (Å²) in [7, 11) is 0. The van der Waals surface area contributed by atoms with Crippen LogP contribution >= 0.6 is 11.5 Å². The monoisotopic (exact) mass is 435 g/mol. The van der Waals surface area contributed by atoms with Gasteiger partial charge in [-0.05, 0) is 61.8 Å². The molecule has 0 aliphatic rings. The predicted molar refractivity (Wildman–Crippen MR) is 112 cm³/mol. The molecular formula is C21H20F3N3O2S. The van der Waals surface area contributed by atoms with E-state index in [1.807, 2.05) is 0 Å². The minimum absolute atomic E-state index is 0.119. The number of hydrogen-bond donors (Lipinski definition) is 1. The van der Waals surface area contributed by atoms with Crippen molar-refractivity contribution in [3.63, 3.8) is 0 Å². The number of nitrogens with zero attached hydrogens (tertiary/aromatic N) is 2. The molecule has 158 valence electrons. The van der Waals surface area contributed by atoms with Crippen molar-refractivity contribution in [1.82, 2.24) is 9.69 Å². The standard InChI is InChI=1S/C21H20F3N3O2S/c1-4-27(20(28)25-11-13(2)3)15-5-7-18(17(10-15)21(22,23)24)29-16-6-8-19-14(9-16)12-26-30-19/h5-10,12H,2,4,11H2,1,3H3,(H,25,28). The lowest BCUT2D eigenvalue weighted by Gasteiger charge is -2.23. The number of benzene rings is 2. The van der Waals surface area contributed by atoms with Crippen LogP contribution < -0.4 is 15.0 Å². The lowest BCUT2D eigenvalue weighted by atomic mass is 10.1. The first-order valence-electron chi connectivity index (χ1n) is 9.12. The second-order valence-corrected chi connectivity index (χ2v) is 7.50.